The first kappa shape index (κ1) is 32.2. The van der Waals surface area contributed by atoms with Gasteiger partial charge in [-0.15, -0.1) is 0 Å². The lowest BCUT2D eigenvalue weighted by atomic mass is 10.2. The van der Waals surface area contributed by atoms with E-state index in [9.17, 15) is 33.7 Å². The van der Waals surface area contributed by atoms with Crippen LogP contribution in [0.1, 0.15) is 25.7 Å². The van der Waals surface area contributed by atoms with Gasteiger partial charge < -0.3 is 0 Å². The lowest BCUT2D eigenvalue weighted by Crippen LogP contribution is -2.24. The third-order valence-electron chi connectivity index (χ3n) is 7.06. The minimum atomic E-state index is -2.35. The van der Waals surface area contributed by atoms with Crippen molar-refractivity contribution in [3.05, 3.63) is 118 Å². The first-order valence-electron chi connectivity index (χ1n) is 13.2. The molecule has 8 nitrogen and oxygen atoms in total. The van der Waals surface area contributed by atoms with E-state index >= 15 is 0 Å². The third kappa shape index (κ3) is 7.18. The summed E-state index contributed by atoms with van der Waals surface area (Å²) >= 11 is 0. The highest BCUT2D eigenvalue weighted by Gasteiger charge is 2.30. The Morgan fingerprint density at radius 2 is 0.636 bits per heavy atom. The molecule has 0 N–H and O–H groups in total. The molecule has 0 aliphatic heterocycles. The van der Waals surface area contributed by atoms with Gasteiger partial charge in [0.05, 0.1) is 19.5 Å². The van der Waals surface area contributed by atoms with Crippen LogP contribution in [0.5, 0.6) is 0 Å². The van der Waals surface area contributed by atoms with Gasteiger partial charge in [-0.1, -0.05) is 72.9 Å². The summed E-state index contributed by atoms with van der Waals surface area (Å²) in [6.07, 6.45) is 22.1. The smallest absolute Gasteiger partial charge is 0.184 e. The zero-order valence-electron chi connectivity index (χ0n) is 22.9. The Hall–Kier alpha value is -3.24. The van der Waals surface area contributed by atoms with Crippen molar-refractivity contribution < 1.29 is 33.7 Å². The van der Waals surface area contributed by atoms with Gasteiger partial charge in [0.2, 0.25) is 41.2 Å². The molecule has 0 fully saturated rings. The van der Waals surface area contributed by atoms with E-state index < -0.39 is 57.0 Å². The van der Waals surface area contributed by atoms with Crippen molar-refractivity contribution in [3.63, 3.8) is 0 Å². The summed E-state index contributed by atoms with van der Waals surface area (Å²) in [7, 11) is -11.9. The molecule has 226 valence electrons. The van der Waals surface area contributed by atoms with Crippen molar-refractivity contribution in [2.24, 2.45) is 0 Å². The van der Waals surface area contributed by atoms with Crippen LogP contribution < -0.4 is 10.6 Å². The fourth-order valence-corrected chi connectivity index (χ4v) is 11.9. The zero-order chi connectivity index (χ0) is 31.4. The molecule has 0 spiro atoms. The number of allylic oxidation sites excluding steroid dienone is 16. The monoisotopic (exact) mass is 702 g/mol. The SMILES string of the molecule is O=S(=O)=C1C=CC(P(C2=CCC(=S(=O)=O)C=C2)c2ccccc2P(C2=CCC(=S(=O)=O)C=C2)C2=CCC(=S(=O)=O)C=C2)=CC1. The van der Waals surface area contributed by atoms with E-state index in [1.165, 1.54) is 0 Å². The molecule has 0 radical (unpaired) electrons. The van der Waals surface area contributed by atoms with Crippen molar-refractivity contribution in [1.29, 1.82) is 0 Å². The van der Waals surface area contributed by atoms with E-state index in [0.717, 1.165) is 31.9 Å². The molecule has 0 unspecified atom stereocenters. The van der Waals surface area contributed by atoms with E-state index in [-0.39, 0.29) is 45.1 Å². The quantitative estimate of drug-likeness (QED) is 0.325. The Morgan fingerprint density at radius 1 is 0.386 bits per heavy atom. The van der Waals surface area contributed by atoms with Crippen LogP contribution in [0, 0.1) is 0 Å². The summed E-state index contributed by atoms with van der Waals surface area (Å²) in [5.41, 5.74) is 0. The van der Waals surface area contributed by atoms with E-state index in [1.807, 2.05) is 48.6 Å². The second-order valence-electron chi connectivity index (χ2n) is 9.63. The van der Waals surface area contributed by atoms with Crippen LogP contribution in [0.25, 0.3) is 0 Å². The van der Waals surface area contributed by atoms with Crippen molar-refractivity contribution in [1.82, 2.24) is 0 Å². The predicted molar refractivity (Wildman–Crippen MR) is 183 cm³/mol. The minimum absolute atomic E-state index is 0.230. The van der Waals surface area contributed by atoms with Gasteiger partial charge in [-0.05, 0) is 72.0 Å². The highest BCUT2D eigenvalue weighted by atomic mass is 32.2. The van der Waals surface area contributed by atoms with E-state index in [1.54, 1.807) is 48.6 Å². The van der Waals surface area contributed by atoms with Crippen LogP contribution in [-0.4, -0.2) is 53.1 Å². The average Bonchev–Trinajstić information content (AvgIpc) is 3.03. The van der Waals surface area contributed by atoms with Gasteiger partial charge in [0.15, 0.2) is 0 Å². The Morgan fingerprint density at radius 3 is 0.818 bits per heavy atom. The minimum Gasteiger partial charge on any atom is -0.184 e. The molecule has 1 aromatic carbocycles. The van der Waals surface area contributed by atoms with Crippen LogP contribution in [0.2, 0.25) is 0 Å². The van der Waals surface area contributed by atoms with Gasteiger partial charge in [-0.2, -0.15) is 33.7 Å². The molecule has 5 rings (SSSR count). The third-order valence-corrected chi connectivity index (χ3v) is 15.3. The summed E-state index contributed by atoms with van der Waals surface area (Å²) in [4.78, 5) is 1.08. The molecule has 44 heavy (non-hydrogen) atoms. The molecule has 0 atom stereocenters. The van der Waals surface area contributed by atoms with Gasteiger partial charge in [0.25, 0.3) is 0 Å². The fraction of sp³-hybridized carbons (Fsp3) is 0.133. The molecule has 0 heterocycles. The maximum atomic E-state index is 11.6. The molecule has 14 heteroatoms. The van der Waals surface area contributed by atoms with Gasteiger partial charge in [0.1, 0.15) is 0 Å². The summed E-state index contributed by atoms with van der Waals surface area (Å²) in [5.74, 6) is 0. The highest BCUT2D eigenvalue weighted by molar-refractivity contribution is 7.80. The lowest BCUT2D eigenvalue weighted by Gasteiger charge is -2.31. The highest BCUT2D eigenvalue weighted by Crippen LogP contribution is 2.59. The van der Waals surface area contributed by atoms with E-state index in [4.69, 9.17) is 0 Å². The van der Waals surface area contributed by atoms with Gasteiger partial charge in [-0.3, -0.25) is 0 Å². The van der Waals surface area contributed by atoms with E-state index in [0.29, 0.717) is 0 Å². The molecule has 4 aliphatic carbocycles. The van der Waals surface area contributed by atoms with Gasteiger partial charge in [0, 0.05) is 25.7 Å². The Balaban J connectivity index is 1.70. The Bertz CT molecular complexity index is 1960. The fourth-order valence-electron chi connectivity index (χ4n) is 4.93. The van der Waals surface area contributed by atoms with Crippen molar-refractivity contribution in [2.75, 3.05) is 0 Å². The summed E-state index contributed by atoms with van der Waals surface area (Å²) in [5, 5.41) is 5.61. The standard InChI is InChI=1S/C30H24O8P2S4/c31-41(32)25-13-5-21(6-14-25)39(22-7-15-26(16-8-22)42(33)34)29-3-1-2-4-30(29)40(23-9-17-27(18-10-23)43(35)36)24-11-19-28(20-12-24)44(37)38/h1-13,15,17,19H,14,16,18,20H2. The Kier molecular flexibility index (Phi) is 10.4. The molecule has 0 saturated heterocycles. The maximum Gasteiger partial charge on any atom is 0.217 e. The summed E-state index contributed by atoms with van der Waals surface area (Å²) in [6, 6.07) is 7.88. The van der Waals surface area contributed by atoms with Crippen LogP contribution in [0.4, 0.5) is 0 Å². The second kappa shape index (κ2) is 14.2. The van der Waals surface area contributed by atoms with Gasteiger partial charge in [-0.25, -0.2) is 0 Å². The molecule has 1 aromatic rings. The lowest BCUT2D eigenvalue weighted by molar-refractivity contribution is 0.625. The maximum absolute atomic E-state index is 11.6. The predicted octanol–water partition coefficient (Wildman–Crippen LogP) is 3.48. The Labute approximate surface area is 263 Å². The molecular formula is C30H24O8P2S4. The van der Waals surface area contributed by atoms with Crippen molar-refractivity contribution in [2.45, 2.75) is 25.7 Å². The molecular weight excluding hydrogens is 679 g/mol. The normalized spacial score (nSPS) is 17.9. The number of hydrogen-bond donors (Lipinski definition) is 0. The van der Waals surface area contributed by atoms with E-state index in [2.05, 4.69) is 0 Å². The second-order valence-corrected chi connectivity index (χ2v) is 18.0. The first-order valence-corrected chi connectivity index (χ1v) is 20.1. The van der Waals surface area contributed by atoms with Crippen molar-refractivity contribution >= 4 is 87.1 Å². The number of rotatable bonds is 6. The number of benzene rings is 1. The summed E-state index contributed by atoms with van der Waals surface area (Å²) < 4.78 is 93.0. The van der Waals surface area contributed by atoms with Crippen molar-refractivity contribution in [3.8, 4) is 0 Å². The average molecular weight is 703 g/mol. The molecule has 4 aliphatic rings. The molecule has 0 saturated carbocycles. The molecule has 0 bridgehead atoms. The largest absolute Gasteiger partial charge is 0.217 e. The van der Waals surface area contributed by atoms with Crippen LogP contribution in [0.3, 0.4) is 0 Å². The summed E-state index contributed by atoms with van der Waals surface area (Å²) in [6.45, 7) is 0. The van der Waals surface area contributed by atoms with Crippen LogP contribution in [0.15, 0.2) is 118 Å². The van der Waals surface area contributed by atoms with Crippen LogP contribution in [-0.2, 0) is 41.2 Å². The molecule has 0 amide bonds. The first-order chi connectivity index (χ1) is 21.1. The van der Waals surface area contributed by atoms with Gasteiger partial charge >= 0.3 is 0 Å². The molecule has 0 aromatic heterocycles. The number of hydrogen-bond acceptors (Lipinski definition) is 8. The van der Waals surface area contributed by atoms with Crippen LogP contribution >= 0.6 is 15.8 Å². The topological polar surface area (TPSA) is 137 Å². The zero-order valence-corrected chi connectivity index (χ0v) is 27.9.